The van der Waals surface area contributed by atoms with Crippen molar-refractivity contribution in [3.63, 3.8) is 0 Å². The molecular weight excluding hydrogens is 582 g/mol. The first kappa shape index (κ1) is 29.2. The van der Waals surface area contributed by atoms with Crippen molar-refractivity contribution in [1.29, 1.82) is 0 Å². The molecule has 0 spiro atoms. The van der Waals surface area contributed by atoms with E-state index in [4.69, 9.17) is 16.3 Å². The van der Waals surface area contributed by atoms with Crippen LogP contribution in [0.25, 0.3) is 0 Å². The van der Waals surface area contributed by atoms with Gasteiger partial charge in [-0.05, 0) is 68.9 Å². The summed E-state index contributed by atoms with van der Waals surface area (Å²) < 4.78 is 33.2. The standard InChI is InChI=1S/C31H29ClF2N4O5/c1-37-9-7-17(8-10-37)38-30(41)19-11-16-12-25(36-24(16)13-20(19)31(38)42)27-23(3-2-4-26(27)40)35-14-18(39)15-43-29-22(33)6-5-21(32)28(29)34/h2-3,5-6,11,13,17-18,36,39H,4,7-10,12,14-15H2,1H3/t18-/m1/s1. The van der Waals surface area contributed by atoms with Gasteiger partial charge in [0, 0.05) is 30.3 Å². The number of anilines is 1. The number of carbonyl (C=O) groups is 3. The van der Waals surface area contributed by atoms with Crippen LogP contribution in [0.2, 0.25) is 5.02 Å². The number of piperidine rings is 1. The maximum Gasteiger partial charge on any atom is 0.261 e. The van der Waals surface area contributed by atoms with Gasteiger partial charge in [0.2, 0.25) is 0 Å². The number of aliphatic hydroxyl groups excluding tert-OH is 1. The maximum absolute atomic E-state index is 14.1. The molecule has 2 amide bonds. The Hall–Kier alpha value is -3.93. The molecule has 3 heterocycles. The summed E-state index contributed by atoms with van der Waals surface area (Å²) in [6.07, 6.45) is 4.07. The molecule has 0 bridgehead atoms. The van der Waals surface area contributed by atoms with Gasteiger partial charge in [-0.1, -0.05) is 17.7 Å². The van der Waals surface area contributed by atoms with Crippen LogP contribution < -0.4 is 10.1 Å². The third-order valence-electron chi connectivity index (χ3n) is 8.16. The summed E-state index contributed by atoms with van der Waals surface area (Å²) in [5.41, 5.74) is 3.40. The van der Waals surface area contributed by atoms with E-state index in [1.165, 1.54) is 4.90 Å². The Morgan fingerprint density at radius 1 is 1.14 bits per heavy atom. The second kappa shape index (κ2) is 11.6. The number of nitrogens with zero attached hydrogens (tertiary/aromatic N) is 3. The normalized spacial score (nSPS) is 22.3. The smallest absolute Gasteiger partial charge is 0.261 e. The molecule has 12 heteroatoms. The van der Waals surface area contributed by atoms with Gasteiger partial charge in [-0.3, -0.25) is 24.3 Å². The van der Waals surface area contributed by atoms with Crippen molar-refractivity contribution >= 4 is 40.6 Å². The average molecular weight is 611 g/mol. The van der Waals surface area contributed by atoms with Crippen LogP contribution in [0.5, 0.6) is 5.75 Å². The average Bonchev–Trinajstić information content (AvgIpc) is 3.50. The van der Waals surface area contributed by atoms with E-state index in [1.807, 2.05) is 7.05 Å². The molecule has 1 aliphatic carbocycles. The number of aliphatic hydroxyl groups is 1. The monoisotopic (exact) mass is 610 g/mol. The molecule has 0 unspecified atom stereocenters. The third kappa shape index (κ3) is 5.48. The highest BCUT2D eigenvalue weighted by molar-refractivity contribution is 6.31. The fraction of sp³-hybridized carbons (Fsp3) is 0.355. The SMILES string of the molecule is CN1CCC(N2C(=O)c3cc4c(cc3C2=O)NC(=C2C(=O)CC=CC2=NC[C@@H](O)COc2c(F)ccc(Cl)c2F)C4)CC1. The van der Waals surface area contributed by atoms with Crippen molar-refractivity contribution in [3.05, 3.63) is 81.0 Å². The van der Waals surface area contributed by atoms with Crippen LogP contribution in [-0.4, -0.2) is 83.7 Å². The lowest BCUT2D eigenvalue weighted by atomic mass is 9.94. The number of nitrogens with one attached hydrogen (secondary N) is 1. The number of Topliss-reactive ketones (excluding diaryl/α,β-unsaturated/α-hetero) is 1. The van der Waals surface area contributed by atoms with E-state index in [0.29, 0.717) is 40.2 Å². The van der Waals surface area contributed by atoms with E-state index < -0.39 is 30.1 Å². The predicted octanol–water partition coefficient (Wildman–Crippen LogP) is 3.94. The summed E-state index contributed by atoms with van der Waals surface area (Å²) in [4.78, 5) is 47.6. The Labute approximate surface area is 251 Å². The number of halogens is 3. The number of imide groups is 1. The Balaban J connectivity index is 1.19. The summed E-state index contributed by atoms with van der Waals surface area (Å²) in [5, 5.41) is 13.3. The fourth-order valence-corrected chi connectivity index (χ4v) is 6.03. The number of amides is 2. The Bertz CT molecular complexity index is 1580. The summed E-state index contributed by atoms with van der Waals surface area (Å²) >= 11 is 5.68. The minimum atomic E-state index is -1.23. The van der Waals surface area contributed by atoms with Gasteiger partial charge in [0.05, 0.1) is 34.0 Å². The highest BCUT2D eigenvalue weighted by atomic mass is 35.5. The van der Waals surface area contributed by atoms with E-state index in [1.54, 1.807) is 24.3 Å². The summed E-state index contributed by atoms with van der Waals surface area (Å²) in [5.74, 6) is -3.48. The van der Waals surface area contributed by atoms with Crippen molar-refractivity contribution in [2.75, 3.05) is 38.6 Å². The summed E-state index contributed by atoms with van der Waals surface area (Å²) in [6, 6.07) is 5.31. The largest absolute Gasteiger partial charge is 0.485 e. The number of hydrogen-bond donors (Lipinski definition) is 2. The molecule has 1 fully saturated rings. The van der Waals surface area contributed by atoms with Gasteiger partial charge in [0.15, 0.2) is 23.2 Å². The van der Waals surface area contributed by atoms with Crippen molar-refractivity contribution in [1.82, 2.24) is 9.80 Å². The summed E-state index contributed by atoms with van der Waals surface area (Å²) in [7, 11) is 2.02. The zero-order valence-electron chi connectivity index (χ0n) is 23.3. The molecule has 0 aromatic heterocycles. The number of likely N-dealkylation sites (tertiary alicyclic amines) is 1. The van der Waals surface area contributed by atoms with Gasteiger partial charge in [-0.15, -0.1) is 0 Å². The number of ketones is 1. The number of rotatable bonds is 6. The van der Waals surface area contributed by atoms with Crippen LogP contribution in [0.15, 0.2) is 52.7 Å². The zero-order chi connectivity index (χ0) is 30.4. The third-order valence-corrected chi connectivity index (χ3v) is 8.45. The molecule has 43 heavy (non-hydrogen) atoms. The van der Waals surface area contributed by atoms with Gasteiger partial charge in [0.25, 0.3) is 11.8 Å². The van der Waals surface area contributed by atoms with Crippen molar-refractivity contribution in [2.45, 2.75) is 37.8 Å². The highest BCUT2D eigenvalue weighted by Crippen LogP contribution is 2.38. The number of allylic oxidation sites excluding steroid dienone is 4. The van der Waals surface area contributed by atoms with Crippen LogP contribution in [-0.2, 0) is 11.2 Å². The van der Waals surface area contributed by atoms with Crippen LogP contribution in [0, 0.1) is 11.6 Å². The molecule has 0 saturated carbocycles. The molecule has 4 aliphatic rings. The molecule has 224 valence electrons. The topological polar surface area (TPSA) is 112 Å². The molecule has 2 aromatic rings. The molecule has 1 saturated heterocycles. The lowest BCUT2D eigenvalue weighted by molar-refractivity contribution is -0.114. The van der Waals surface area contributed by atoms with Gasteiger partial charge in [0.1, 0.15) is 12.7 Å². The number of benzene rings is 2. The molecule has 3 aliphatic heterocycles. The van der Waals surface area contributed by atoms with E-state index in [0.717, 1.165) is 43.6 Å². The molecule has 6 rings (SSSR count). The predicted molar refractivity (Wildman–Crippen MR) is 156 cm³/mol. The van der Waals surface area contributed by atoms with E-state index >= 15 is 0 Å². The van der Waals surface area contributed by atoms with Gasteiger partial charge in [-0.2, -0.15) is 0 Å². The van der Waals surface area contributed by atoms with Crippen LogP contribution in [0.3, 0.4) is 0 Å². The molecule has 2 aromatic carbocycles. The molecule has 0 radical (unpaired) electrons. The zero-order valence-corrected chi connectivity index (χ0v) is 24.1. The first-order chi connectivity index (χ1) is 20.6. The lowest BCUT2D eigenvalue weighted by Crippen LogP contribution is -2.46. The van der Waals surface area contributed by atoms with Crippen LogP contribution in [0.4, 0.5) is 14.5 Å². The number of fused-ring (bicyclic) bond motifs is 2. The minimum absolute atomic E-state index is 0.126. The van der Waals surface area contributed by atoms with Crippen LogP contribution in [0.1, 0.15) is 45.5 Å². The quantitative estimate of drug-likeness (QED) is 0.290. The molecule has 9 nitrogen and oxygen atoms in total. The first-order valence-electron chi connectivity index (χ1n) is 14.0. The Kier molecular flexibility index (Phi) is 7.89. The second-order valence-corrected chi connectivity index (χ2v) is 11.5. The number of aliphatic imine (C=N–C) groups is 1. The van der Waals surface area contributed by atoms with Crippen molar-refractivity contribution in [2.24, 2.45) is 4.99 Å². The van der Waals surface area contributed by atoms with Crippen molar-refractivity contribution in [3.8, 4) is 5.75 Å². The van der Waals surface area contributed by atoms with Gasteiger partial charge >= 0.3 is 0 Å². The first-order valence-corrected chi connectivity index (χ1v) is 14.4. The molecular formula is C31H29ClF2N4O5. The number of hydrogen-bond acceptors (Lipinski definition) is 8. The fourth-order valence-electron chi connectivity index (χ4n) is 5.88. The van der Waals surface area contributed by atoms with Crippen LogP contribution >= 0.6 is 11.6 Å². The van der Waals surface area contributed by atoms with E-state index in [-0.39, 0.29) is 41.6 Å². The maximum atomic E-state index is 14.1. The van der Waals surface area contributed by atoms with E-state index in [2.05, 4.69) is 15.2 Å². The van der Waals surface area contributed by atoms with Crippen molar-refractivity contribution < 1.29 is 33.0 Å². The number of carbonyl (C=O) groups excluding carboxylic acids is 3. The highest BCUT2D eigenvalue weighted by Gasteiger charge is 2.42. The molecule has 1 atom stereocenters. The minimum Gasteiger partial charge on any atom is -0.485 e. The molecule has 2 N–H and O–H groups in total. The lowest BCUT2D eigenvalue weighted by Gasteiger charge is -2.33. The Morgan fingerprint density at radius 3 is 2.60 bits per heavy atom. The van der Waals surface area contributed by atoms with Gasteiger partial charge in [-0.25, -0.2) is 8.78 Å². The van der Waals surface area contributed by atoms with Gasteiger partial charge < -0.3 is 20.1 Å². The summed E-state index contributed by atoms with van der Waals surface area (Å²) in [6.45, 7) is 0.982. The Morgan fingerprint density at radius 2 is 1.86 bits per heavy atom. The second-order valence-electron chi connectivity index (χ2n) is 11.1. The van der Waals surface area contributed by atoms with E-state index in [9.17, 15) is 28.3 Å². The number of ether oxygens (including phenoxy) is 1.